The van der Waals surface area contributed by atoms with E-state index in [0.29, 0.717) is 19.4 Å². The molecule has 0 aliphatic carbocycles. The number of nitrogens with zero attached hydrogens (tertiary/aromatic N) is 1. The molecule has 0 atom stereocenters. The Hall–Kier alpha value is -3.44. The quantitative estimate of drug-likeness (QED) is 0.302. The molecule has 162 valence electrons. The SMILES string of the molecule is Cc1cccc(C)c1OCCCC(=O)Nc1ccc(-c2csc(-c3ccccc3)n2)cc1. The molecule has 0 fully saturated rings. The van der Waals surface area contributed by atoms with Gasteiger partial charge >= 0.3 is 0 Å². The van der Waals surface area contributed by atoms with Crippen LogP contribution in [-0.2, 0) is 4.79 Å². The maximum absolute atomic E-state index is 12.3. The Bertz CT molecular complexity index is 1160. The van der Waals surface area contributed by atoms with Crippen molar-refractivity contribution in [1.29, 1.82) is 0 Å². The van der Waals surface area contributed by atoms with Crippen molar-refractivity contribution in [2.45, 2.75) is 26.7 Å². The molecule has 1 heterocycles. The molecule has 4 nitrogen and oxygen atoms in total. The fraction of sp³-hybridized carbons (Fsp3) is 0.185. The number of carbonyl (C=O) groups excluding carboxylic acids is 1. The zero-order chi connectivity index (χ0) is 22.3. The lowest BCUT2D eigenvalue weighted by molar-refractivity contribution is -0.116. The predicted octanol–water partition coefficient (Wildman–Crippen LogP) is 6.89. The first kappa shape index (κ1) is 21.8. The normalized spacial score (nSPS) is 10.7. The van der Waals surface area contributed by atoms with Crippen LogP contribution < -0.4 is 10.1 Å². The summed E-state index contributed by atoms with van der Waals surface area (Å²) in [6.45, 7) is 4.59. The van der Waals surface area contributed by atoms with Gasteiger partial charge in [0.25, 0.3) is 0 Å². The van der Waals surface area contributed by atoms with E-state index in [9.17, 15) is 4.79 Å². The van der Waals surface area contributed by atoms with Crippen LogP contribution in [0.15, 0.2) is 78.2 Å². The number of amides is 1. The van der Waals surface area contributed by atoms with Crippen LogP contribution in [0.4, 0.5) is 5.69 Å². The molecule has 1 aromatic heterocycles. The topological polar surface area (TPSA) is 51.2 Å². The van der Waals surface area contributed by atoms with Gasteiger partial charge in [-0.05, 0) is 43.5 Å². The third kappa shape index (κ3) is 5.42. The number of carbonyl (C=O) groups is 1. The molecule has 1 N–H and O–H groups in total. The van der Waals surface area contributed by atoms with E-state index in [0.717, 1.165) is 44.4 Å². The molecule has 4 aromatic rings. The van der Waals surface area contributed by atoms with E-state index in [1.165, 1.54) is 0 Å². The summed E-state index contributed by atoms with van der Waals surface area (Å²) in [5.41, 5.74) is 6.11. The first-order valence-corrected chi connectivity index (χ1v) is 11.6. The highest BCUT2D eigenvalue weighted by Gasteiger charge is 2.08. The fourth-order valence-electron chi connectivity index (χ4n) is 3.50. The van der Waals surface area contributed by atoms with Gasteiger partial charge in [0.15, 0.2) is 0 Å². The molecule has 4 rings (SSSR count). The Kier molecular flexibility index (Phi) is 6.97. The zero-order valence-electron chi connectivity index (χ0n) is 18.3. The van der Waals surface area contributed by atoms with Crippen molar-refractivity contribution < 1.29 is 9.53 Å². The van der Waals surface area contributed by atoms with Crippen molar-refractivity contribution in [2.24, 2.45) is 0 Å². The summed E-state index contributed by atoms with van der Waals surface area (Å²) >= 11 is 1.63. The van der Waals surface area contributed by atoms with Crippen LogP contribution in [0.2, 0.25) is 0 Å². The number of thiazole rings is 1. The molecule has 5 heteroatoms. The third-order valence-electron chi connectivity index (χ3n) is 5.19. The first-order valence-electron chi connectivity index (χ1n) is 10.7. The molecule has 1 amide bonds. The smallest absolute Gasteiger partial charge is 0.224 e. The number of anilines is 1. The van der Waals surface area contributed by atoms with E-state index >= 15 is 0 Å². The van der Waals surface area contributed by atoms with Gasteiger partial charge in [-0.25, -0.2) is 4.98 Å². The average molecular weight is 443 g/mol. The number of hydrogen-bond donors (Lipinski definition) is 1. The number of aromatic nitrogens is 1. The largest absolute Gasteiger partial charge is 0.493 e. The minimum Gasteiger partial charge on any atom is -0.493 e. The maximum atomic E-state index is 12.3. The summed E-state index contributed by atoms with van der Waals surface area (Å²) < 4.78 is 5.88. The molecule has 0 aliphatic rings. The second-order valence-electron chi connectivity index (χ2n) is 7.70. The van der Waals surface area contributed by atoms with Crippen LogP contribution >= 0.6 is 11.3 Å². The minimum absolute atomic E-state index is 0.0112. The molecule has 0 bridgehead atoms. The molecule has 0 unspecified atom stereocenters. The van der Waals surface area contributed by atoms with Crippen molar-refractivity contribution in [2.75, 3.05) is 11.9 Å². The van der Waals surface area contributed by atoms with Crippen LogP contribution in [0.3, 0.4) is 0 Å². The second-order valence-corrected chi connectivity index (χ2v) is 8.56. The van der Waals surface area contributed by atoms with Crippen molar-refractivity contribution in [1.82, 2.24) is 4.98 Å². The lowest BCUT2D eigenvalue weighted by Crippen LogP contribution is -2.13. The van der Waals surface area contributed by atoms with Crippen LogP contribution in [0, 0.1) is 13.8 Å². The van der Waals surface area contributed by atoms with Crippen molar-refractivity contribution in [3.05, 3.63) is 89.3 Å². The molecular formula is C27H26N2O2S. The summed E-state index contributed by atoms with van der Waals surface area (Å²) in [6, 6.07) is 24.1. The van der Waals surface area contributed by atoms with Crippen molar-refractivity contribution in [3.63, 3.8) is 0 Å². The highest BCUT2D eigenvalue weighted by atomic mass is 32.1. The molecule has 32 heavy (non-hydrogen) atoms. The zero-order valence-corrected chi connectivity index (χ0v) is 19.1. The van der Waals surface area contributed by atoms with Gasteiger partial charge in [0, 0.05) is 28.6 Å². The number of rotatable bonds is 8. The summed E-state index contributed by atoms with van der Waals surface area (Å²) in [4.78, 5) is 17.0. The van der Waals surface area contributed by atoms with Gasteiger partial charge in [0.2, 0.25) is 5.91 Å². The predicted molar refractivity (Wildman–Crippen MR) is 132 cm³/mol. The summed E-state index contributed by atoms with van der Waals surface area (Å²) in [7, 11) is 0. The second kappa shape index (κ2) is 10.2. The van der Waals surface area contributed by atoms with E-state index in [2.05, 4.69) is 22.8 Å². The Morgan fingerprint density at radius 2 is 1.62 bits per heavy atom. The van der Waals surface area contributed by atoms with E-state index in [1.54, 1.807) is 11.3 Å². The lowest BCUT2D eigenvalue weighted by atomic mass is 10.1. The molecule has 0 radical (unpaired) electrons. The molecule has 3 aromatic carbocycles. The van der Waals surface area contributed by atoms with Gasteiger partial charge in [-0.3, -0.25) is 4.79 Å². The summed E-state index contributed by atoms with van der Waals surface area (Å²) in [5.74, 6) is 0.906. The molecule has 0 saturated heterocycles. The van der Waals surface area contributed by atoms with Crippen molar-refractivity contribution >= 4 is 22.9 Å². The number of benzene rings is 3. The van der Waals surface area contributed by atoms with Gasteiger partial charge < -0.3 is 10.1 Å². The highest BCUT2D eigenvalue weighted by molar-refractivity contribution is 7.13. The Labute approximate surface area is 192 Å². The van der Waals surface area contributed by atoms with Crippen molar-refractivity contribution in [3.8, 4) is 27.6 Å². The standard InChI is InChI=1S/C27H26N2O2S/c1-19-8-6-9-20(2)26(19)31-17-7-12-25(30)28-23-15-13-21(14-16-23)24-18-32-27(29-24)22-10-4-3-5-11-22/h3-6,8-11,13-16,18H,7,12,17H2,1-2H3,(H,28,30). The van der Waals surface area contributed by atoms with Crippen LogP contribution in [0.5, 0.6) is 5.75 Å². The summed E-state index contributed by atoms with van der Waals surface area (Å²) in [5, 5.41) is 6.02. The van der Waals surface area contributed by atoms with E-state index in [-0.39, 0.29) is 5.91 Å². The number of aryl methyl sites for hydroxylation is 2. The van der Waals surface area contributed by atoms with Gasteiger partial charge in [0.05, 0.1) is 12.3 Å². The molecular weight excluding hydrogens is 416 g/mol. The maximum Gasteiger partial charge on any atom is 0.224 e. The van der Waals surface area contributed by atoms with Crippen LogP contribution in [0.1, 0.15) is 24.0 Å². The monoisotopic (exact) mass is 442 g/mol. The third-order valence-corrected chi connectivity index (χ3v) is 6.08. The van der Waals surface area contributed by atoms with E-state index in [1.807, 2.05) is 74.5 Å². The number of nitrogens with one attached hydrogen (secondary N) is 1. The Morgan fingerprint density at radius 1 is 0.906 bits per heavy atom. The molecule has 0 saturated carbocycles. The first-order chi connectivity index (χ1) is 15.6. The molecule has 0 aliphatic heterocycles. The lowest BCUT2D eigenvalue weighted by Gasteiger charge is -2.12. The van der Waals surface area contributed by atoms with E-state index in [4.69, 9.17) is 9.72 Å². The summed E-state index contributed by atoms with van der Waals surface area (Å²) in [6.07, 6.45) is 1.08. The average Bonchev–Trinajstić information content (AvgIpc) is 3.30. The number of para-hydroxylation sites is 1. The van der Waals surface area contributed by atoms with E-state index < -0.39 is 0 Å². The number of hydrogen-bond acceptors (Lipinski definition) is 4. The van der Waals surface area contributed by atoms with Gasteiger partial charge in [-0.15, -0.1) is 11.3 Å². The fourth-order valence-corrected chi connectivity index (χ4v) is 4.34. The van der Waals surface area contributed by atoms with Crippen LogP contribution in [0.25, 0.3) is 21.8 Å². The Balaban J connectivity index is 1.27. The van der Waals surface area contributed by atoms with Gasteiger partial charge in [-0.2, -0.15) is 0 Å². The minimum atomic E-state index is -0.0112. The molecule has 0 spiro atoms. The van der Waals surface area contributed by atoms with Crippen LogP contribution in [-0.4, -0.2) is 17.5 Å². The Morgan fingerprint density at radius 3 is 2.34 bits per heavy atom. The van der Waals surface area contributed by atoms with Gasteiger partial charge in [-0.1, -0.05) is 60.7 Å². The number of ether oxygens (including phenoxy) is 1. The highest BCUT2D eigenvalue weighted by Crippen LogP contribution is 2.29. The van der Waals surface area contributed by atoms with Gasteiger partial charge in [0.1, 0.15) is 10.8 Å².